The van der Waals surface area contributed by atoms with Crippen molar-refractivity contribution in [3.8, 4) is 0 Å². The lowest BCUT2D eigenvalue weighted by atomic mass is 10.0. The molecule has 3 rings (SSSR count). The smallest absolute Gasteiger partial charge is 0.191 e. The van der Waals surface area contributed by atoms with Gasteiger partial charge in [-0.25, -0.2) is 4.39 Å². The van der Waals surface area contributed by atoms with Crippen LogP contribution in [0.2, 0.25) is 0 Å². The molecule has 2 aromatic carbocycles. The molecule has 2 unspecified atom stereocenters. The van der Waals surface area contributed by atoms with Gasteiger partial charge in [0, 0.05) is 49.1 Å². The average molecular weight is 544 g/mol. The van der Waals surface area contributed by atoms with Gasteiger partial charge < -0.3 is 15.5 Å². The van der Waals surface area contributed by atoms with Crippen molar-refractivity contribution in [2.75, 3.05) is 37.3 Å². The summed E-state index contributed by atoms with van der Waals surface area (Å²) >= 11 is 0. The van der Waals surface area contributed by atoms with Crippen LogP contribution < -0.4 is 15.5 Å². The summed E-state index contributed by atoms with van der Waals surface area (Å²) in [4.78, 5) is 7.45. The molecule has 0 amide bonds. The second-order valence-electron chi connectivity index (χ2n) is 7.22. The Balaban J connectivity index is 0.00000320. The van der Waals surface area contributed by atoms with E-state index < -0.39 is 10.8 Å². The van der Waals surface area contributed by atoms with E-state index in [2.05, 4.69) is 20.5 Å². The molecule has 2 aromatic rings. The molecule has 30 heavy (non-hydrogen) atoms. The first kappa shape index (κ1) is 24.6. The number of halogens is 2. The first-order valence-corrected chi connectivity index (χ1v) is 11.3. The van der Waals surface area contributed by atoms with Crippen LogP contribution in [0.1, 0.15) is 18.4 Å². The SMILES string of the molecule is CN=C(NCCS(=O)c1ccccc1)NC1CCCN(c2ccc(F)cc2C)C1.I. The molecule has 0 saturated carbocycles. The van der Waals surface area contributed by atoms with Crippen molar-refractivity contribution < 1.29 is 8.60 Å². The largest absolute Gasteiger partial charge is 0.369 e. The van der Waals surface area contributed by atoms with Gasteiger partial charge in [0.15, 0.2) is 5.96 Å². The first-order valence-electron chi connectivity index (χ1n) is 9.98. The zero-order valence-corrected chi connectivity index (χ0v) is 20.6. The predicted octanol–water partition coefficient (Wildman–Crippen LogP) is 3.69. The van der Waals surface area contributed by atoms with Crippen LogP contribution in [-0.2, 0) is 10.8 Å². The van der Waals surface area contributed by atoms with E-state index in [0.717, 1.165) is 48.0 Å². The number of aryl methyl sites for hydroxylation is 1. The van der Waals surface area contributed by atoms with Crippen LogP contribution in [0.25, 0.3) is 0 Å². The first-order chi connectivity index (χ1) is 14.1. The van der Waals surface area contributed by atoms with Gasteiger partial charge in [-0.2, -0.15) is 0 Å². The fourth-order valence-corrected chi connectivity index (χ4v) is 4.61. The van der Waals surface area contributed by atoms with Gasteiger partial charge in [-0.1, -0.05) is 18.2 Å². The third-order valence-corrected chi connectivity index (χ3v) is 6.44. The molecule has 164 valence electrons. The Labute approximate surface area is 198 Å². The minimum Gasteiger partial charge on any atom is -0.369 e. The molecule has 0 radical (unpaired) electrons. The Bertz CT molecular complexity index is 865. The van der Waals surface area contributed by atoms with Crippen LogP contribution in [0.15, 0.2) is 58.4 Å². The Kier molecular flexibility index (Phi) is 10.0. The lowest BCUT2D eigenvalue weighted by Gasteiger charge is -2.36. The molecule has 1 heterocycles. The highest BCUT2D eigenvalue weighted by atomic mass is 127. The van der Waals surface area contributed by atoms with Crippen molar-refractivity contribution in [2.45, 2.75) is 30.7 Å². The summed E-state index contributed by atoms with van der Waals surface area (Å²) in [5.41, 5.74) is 2.04. The van der Waals surface area contributed by atoms with E-state index in [1.807, 2.05) is 43.3 Å². The highest BCUT2D eigenvalue weighted by Gasteiger charge is 2.22. The topological polar surface area (TPSA) is 56.7 Å². The number of hydrogen-bond acceptors (Lipinski definition) is 3. The molecule has 0 aromatic heterocycles. The molecular weight excluding hydrogens is 514 g/mol. The normalized spacial score (nSPS) is 17.8. The van der Waals surface area contributed by atoms with Gasteiger partial charge in [-0.3, -0.25) is 9.20 Å². The summed E-state index contributed by atoms with van der Waals surface area (Å²) in [6, 6.07) is 14.7. The van der Waals surface area contributed by atoms with Crippen LogP contribution in [0.3, 0.4) is 0 Å². The van der Waals surface area contributed by atoms with Crippen LogP contribution in [-0.4, -0.2) is 48.6 Å². The van der Waals surface area contributed by atoms with E-state index in [1.165, 1.54) is 6.07 Å². The van der Waals surface area contributed by atoms with Gasteiger partial charge >= 0.3 is 0 Å². The number of nitrogens with one attached hydrogen (secondary N) is 2. The van der Waals surface area contributed by atoms with Crippen LogP contribution in [0, 0.1) is 12.7 Å². The van der Waals surface area contributed by atoms with E-state index in [-0.39, 0.29) is 35.8 Å². The number of benzene rings is 2. The van der Waals surface area contributed by atoms with Gasteiger partial charge in [0.05, 0.1) is 10.8 Å². The monoisotopic (exact) mass is 544 g/mol. The maximum Gasteiger partial charge on any atom is 0.191 e. The molecule has 8 heteroatoms. The minimum atomic E-state index is -1.03. The number of anilines is 1. The molecule has 1 saturated heterocycles. The summed E-state index contributed by atoms with van der Waals surface area (Å²) in [5, 5.41) is 6.74. The molecule has 2 atom stereocenters. The van der Waals surface area contributed by atoms with Crippen molar-refractivity contribution in [3.63, 3.8) is 0 Å². The molecule has 0 spiro atoms. The number of rotatable bonds is 6. The Morgan fingerprint density at radius 3 is 2.73 bits per heavy atom. The zero-order chi connectivity index (χ0) is 20.6. The number of nitrogens with zero attached hydrogens (tertiary/aromatic N) is 2. The van der Waals surface area contributed by atoms with Gasteiger partial charge in [0.25, 0.3) is 0 Å². The molecule has 0 bridgehead atoms. The van der Waals surface area contributed by atoms with Gasteiger partial charge in [0.1, 0.15) is 5.82 Å². The molecule has 0 aliphatic carbocycles. The van der Waals surface area contributed by atoms with Crippen molar-refractivity contribution in [1.82, 2.24) is 10.6 Å². The maximum absolute atomic E-state index is 13.4. The quantitative estimate of drug-likeness (QED) is 0.331. The molecule has 1 aliphatic rings. The van der Waals surface area contributed by atoms with E-state index >= 15 is 0 Å². The molecule has 2 N–H and O–H groups in total. The second-order valence-corrected chi connectivity index (χ2v) is 8.79. The summed E-state index contributed by atoms with van der Waals surface area (Å²) in [6.07, 6.45) is 2.11. The molecular formula is C22H30FIN4OS. The van der Waals surface area contributed by atoms with Crippen LogP contribution in [0.4, 0.5) is 10.1 Å². The lowest BCUT2D eigenvalue weighted by molar-refractivity contribution is 0.468. The van der Waals surface area contributed by atoms with E-state index in [0.29, 0.717) is 12.3 Å². The lowest BCUT2D eigenvalue weighted by Crippen LogP contribution is -2.51. The Morgan fingerprint density at radius 1 is 1.27 bits per heavy atom. The second kappa shape index (κ2) is 12.2. The summed E-state index contributed by atoms with van der Waals surface area (Å²) in [7, 11) is 0.716. The van der Waals surface area contributed by atoms with E-state index in [1.54, 1.807) is 13.1 Å². The van der Waals surface area contributed by atoms with Gasteiger partial charge in [-0.15, -0.1) is 24.0 Å². The van der Waals surface area contributed by atoms with Crippen LogP contribution >= 0.6 is 24.0 Å². The Morgan fingerprint density at radius 2 is 2.03 bits per heavy atom. The molecule has 1 aliphatic heterocycles. The van der Waals surface area contributed by atoms with Crippen molar-refractivity contribution in [1.29, 1.82) is 0 Å². The standard InChI is InChI=1S/C22H29FN4OS.HI/c1-17-15-18(23)10-11-21(17)27-13-6-7-19(16-27)26-22(24-2)25-12-14-29(28)20-8-4-3-5-9-20;/h3-5,8-11,15,19H,6-7,12-14,16H2,1-2H3,(H2,24,25,26);1H. The molecule has 1 fully saturated rings. The number of hydrogen-bond donors (Lipinski definition) is 2. The van der Waals surface area contributed by atoms with Crippen molar-refractivity contribution >= 4 is 46.4 Å². The van der Waals surface area contributed by atoms with Crippen LogP contribution in [0.5, 0.6) is 0 Å². The van der Waals surface area contributed by atoms with Gasteiger partial charge in [0.2, 0.25) is 0 Å². The van der Waals surface area contributed by atoms with Crippen molar-refractivity contribution in [3.05, 3.63) is 59.9 Å². The third kappa shape index (κ3) is 6.94. The van der Waals surface area contributed by atoms with E-state index in [9.17, 15) is 8.60 Å². The highest BCUT2D eigenvalue weighted by molar-refractivity contribution is 14.0. The summed E-state index contributed by atoms with van der Waals surface area (Å²) in [5.74, 6) is 1.05. The maximum atomic E-state index is 13.4. The fourth-order valence-electron chi connectivity index (χ4n) is 3.63. The zero-order valence-electron chi connectivity index (χ0n) is 17.4. The summed E-state index contributed by atoms with van der Waals surface area (Å²) < 4.78 is 25.8. The molecule has 5 nitrogen and oxygen atoms in total. The predicted molar refractivity (Wildman–Crippen MR) is 134 cm³/mol. The average Bonchev–Trinajstić information content (AvgIpc) is 2.73. The Hall–Kier alpha value is -1.68. The third-order valence-electron chi connectivity index (χ3n) is 5.07. The van der Waals surface area contributed by atoms with E-state index in [4.69, 9.17) is 0 Å². The number of guanidine groups is 1. The number of piperidine rings is 1. The van der Waals surface area contributed by atoms with Gasteiger partial charge in [-0.05, 0) is 55.7 Å². The highest BCUT2D eigenvalue weighted by Crippen LogP contribution is 2.24. The number of aliphatic imine (C=N–C) groups is 1. The minimum absolute atomic E-state index is 0. The van der Waals surface area contributed by atoms with Crippen molar-refractivity contribution in [2.24, 2.45) is 4.99 Å². The fraction of sp³-hybridized carbons (Fsp3) is 0.409. The summed E-state index contributed by atoms with van der Waals surface area (Å²) in [6.45, 7) is 4.33.